The standard InChI is InChI=1S/C12H7Cl2FO2S/c13-7-2-1-3-8(15)12(7)17-6-9(16)10-4-5-11(14)18-10/h1-5H,6H2. The van der Waals surface area contributed by atoms with E-state index < -0.39 is 5.82 Å². The summed E-state index contributed by atoms with van der Waals surface area (Å²) in [5.74, 6) is -0.985. The zero-order chi connectivity index (χ0) is 13.1. The van der Waals surface area contributed by atoms with Crippen LogP contribution in [0.15, 0.2) is 30.3 Å². The highest BCUT2D eigenvalue weighted by Crippen LogP contribution is 2.28. The van der Waals surface area contributed by atoms with E-state index in [0.29, 0.717) is 9.21 Å². The molecule has 0 N–H and O–H groups in total. The third-order valence-corrected chi connectivity index (χ3v) is 3.68. The van der Waals surface area contributed by atoms with Crippen LogP contribution < -0.4 is 4.74 Å². The molecule has 2 aromatic rings. The minimum atomic E-state index is -0.598. The van der Waals surface area contributed by atoms with Crippen LogP contribution in [0.4, 0.5) is 4.39 Å². The molecule has 1 aromatic heterocycles. The number of rotatable bonds is 4. The summed E-state index contributed by atoms with van der Waals surface area (Å²) in [5, 5.41) is 0.131. The van der Waals surface area contributed by atoms with Crippen molar-refractivity contribution in [2.24, 2.45) is 0 Å². The third kappa shape index (κ3) is 3.02. The highest BCUT2D eigenvalue weighted by atomic mass is 35.5. The zero-order valence-electron chi connectivity index (χ0n) is 8.95. The molecular weight excluding hydrogens is 298 g/mol. The molecule has 1 aromatic carbocycles. The fourth-order valence-corrected chi connectivity index (χ4v) is 2.48. The van der Waals surface area contributed by atoms with Crippen LogP contribution in [0.3, 0.4) is 0 Å². The lowest BCUT2D eigenvalue weighted by atomic mass is 10.3. The second kappa shape index (κ2) is 5.69. The molecule has 2 nitrogen and oxygen atoms in total. The molecular formula is C12H7Cl2FO2S. The Morgan fingerprint density at radius 1 is 1.28 bits per heavy atom. The second-order valence-corrected chi connectivity index (χ2v) is 5.49. The van der Waals surface area contributed by atoms with Gasteiger partial charge in [-0.05, 0) is 24.3 Å². The maximum absolute atomic E-state index is 13.4. The van der Waals surface area contributed by atoms with Crippen molar-refractivity contribution in [1.82, 2.24) is 0 Å². The molecule has 0 radical (unpaired) electrons. The van der Waals surface area contributed by atoms with Crippen LogP contribution in [0.25, 0.3) is 0 Å². The minimum Gasteiger partial charge on any atom is -0.481 e. The van der Waals surface area contributed by atoms with E-state index in [1.165, 1.54) is 18.2 Å². The molecule has 0 saturated heterocycles. The van der Waals surface area contributed by atoms with Crippen molar-refractivity contribution in [3.63, 3.8) is 0 Å². The minimum absolute atomic E-state index is 0.116. The first-order valence-corrected chi connectivity index (χ1v) is 6.50. The monoisotopic (exact) mass is 304 g/mol. The Hall–Kier alpha value is -1.10. The van der Waals surface area contributed by atoms with Crippen molar-refractivity contribution in [3.8, 4) is 5.75 Å². The van der Waals surface area contributed by atoms with Gasteiger partial charge in [0.2, 0.25) is 5.78 Å². The molecule has 0 aliphatic carbocycles. The molecule has 0 bridgehead atoms. The van der Waals surface area contributed by atoms with Gasteiger partial charge in [0, 0.05) is 0 Å². The number of carbonyl (C=O) groups is 1. The van der Waals surface area contributed by atoms with Crippen molar-refractivity contribution >= 4 is 40.3 Å². The van der Waals surface area contributed by atoms with Crippen molar-refractivity contribution in [2.45, 2.75) is 0 Å². The van der Waals surface area contributed by atoms with Crippen LogP contribution in [0.5, 0.6) is 5.75 Å². The van der Waals surface area contributed by atoms with Crippen molar-refractivity contribution in [1.29, 1.82) is 0 Å². The number of carbonyl (C=O) groups excluding carboxylic acids is 1. The molecule has 1 heterocycles. The first kappa shape index (κ1) is 13.3. The molecule has 6 heteroatoms. The normalized spacial score (nSPS) is 10.4. The van der Waals surface area contributed by atoms with E-state index in [0.717, 1.165) is 11.3 Å². The number of thiophene rings is 1. The molecule has 0 amide bonds. The maximum atomic E-state index is 13.4. The maximum Gasteiger partial charge on any atom is 0.210 e. The average Bonchev–Trinajstić information content (AvgIpc) is 2.75. The number of halogens is 3. The van der Waals surface area contributed by atoms with E-state index in [1.807, 2.05) is 0 Å². The van der Waals surface area contributed by atoms with Gasteiger partial charge in [0.15, 0.2) is 18.2 Å². The molecule has 0 fully saturated rings. The van der Waals surface area contributed by atoms with Crippen molar-refractivity contribution in [2.75, 3.05) is 6.61 Å². The summed E-state index contributed by atoms with van der Waals surface area (Å²) in [4.78, 5) is 12.2. The Morgan fingerprint density at radius 3 is 2.67 bits per heavy atom. The van der Waals surface area contributed by atoms with E-state index in [1.54, 1.807) is 12.1 Å². The molecule has 2 rings (SSSR count). The highest BCUT2D eigenvalue weighted by Gasteiger charge is 2.13. The van der Waals surface area contributed by atoms with Crippen LogP contribution in [0.1, 0.15) is 9.67 Å². The van der Waals surface area contributed by atoms with Gasteiger partial charge in [0.25, 0.3) is 0 Å². The summed E-state index contributed by atoms with van der Waals surface area (Å²) in [6.45, 7) is -0.280. The van der Waals surface area contributed by atoms with Crippen LogP contribution in [0, 0.1) is 5.82 Å². The Labute approximate surface area is 117 Å². The number of ether oxygens (including phenoxy) is 1. The van der Waals surface area contributed by atoms with Gasteiger partial charge in [-0.25, -0.2) is 4.39 Å². The quantitative estimate of drug-likeness (QED) is 0.780. The van der Waals surface area contributed by atoms with Gasteiger partial charge in [0.05, 0.1) is 14.2 Å². The number of hydrogen-bond donors (Lipinski definition) is 0. The molecule has 94 valence electrons. The second-order valence-electron chi connectivity index (χ2n) is 3.37. The van der Waals surface area contributed by atoms with Crippen LogP contribution in [-0.4, -0.2) is 12.4 Å². The van der Waals surface area contributed by atoms with Crippen molar-refractivity contribution in [3.05, 3.63) is 50.4 Å². The summed E-state index contributed by atoms with van der Waals surface area (Å²) in [6, 6.07) is 7.39. The zero-order valence-corrected chi connectivity index (χ0v) is 11.3. The number of hydrogen-bond acceptors (Lipinski definition) is 3. The Morgan fingerprint density at radius 2 is 2.06 bits per heavy atom. The molecule has 0 aliphatic heterocycles. The van der Waals surface area contributed by atoms with E-state index >= 15 is 0 Å². The number of Topliss-reactive ketones (excluding diaryl/α,β-unsaturated/α-hetero) is 1. The van der Waals surface area contributed by atoms with Crippen LogP contribution in [-0.2, 0) is 0 Å². The van der Waals surface area contributed by atoms with Gasteiger partial charge in [-0.1, -0.05) is 29.3 Å². The third-order valence-electron chi connectivity index (χ3n) is 2.11. The summed E-state index contributed by atoms with van der Waals surface area (Å²) in [7, 11) is 0. The predicted octanol–water partition coefficient (Wildman–Crippen LogP) is 4.46. The van der Waals surface area contributed by atoms with Gasteiger partial charge < -0.3 is 4.74 Å². The lowest BCUT2D eigenvalue weighted by Crippen LogP contribution is -2.11. The van der Waals surface area contributed by atoms with Crippen LogP contribution in [0.2, 0.25) is 9.36 Å². The van der Waals surface area contributed by atoms with Crippen LogP contribution >= 0.6 is 34.5 Å². The van der Waals surface area contributed by atoms with Gasteiger partial charge in [-0.3, -0.25) is 4.79 Å². The topological polar surface area (TPSA) is 26.3 Å². The molecule has 0 atom stereocenters. The van der Waals surface area contributed by atoms with Crippen molar-refractivity contribution < 1.29 is 13.9 Å². The Kier molecular flexibility index (Phi) is 4.22. The smallest absolute Gasteiger partial charge is 0.210 e. The molecule has 0 spiro atoms. The predicted molar refractivity (Wildman–Crippen MR) is 70.6 cm³/mol. The van der Waals surface area contributed by atoms with Gasteiger partial charge in [-0.15, -0.1) is 11.3 Å². The lowest BCUT2D eigenvalue weighted by molar-refractivity contribution is 0.0923. The van der Waals surface area contributed by atoms with E-state index in [4.69, 9.17) is 27.9 Å². The fraction of sp³-hybridized carbons (Fsp3) is 0.0833. The summed E-state index contributed by atoms with van der Waals surface area (Å²) in [6.07, 6.45) is 0. The fourth-order valence-electron chi connectivity index (χ4n) is 1.29. The van der Waals surface area contributed by atoms with E-state index in [-0.39, 0.29) is 23.2 Å². The molecule has 0 unspecified atom stereocenters. The van der Waals surface area contributed by atoms with Gasteiger partial charge >= 0.3 is 0 Å². The molecule has 18 heavy (non-hydrogen) atoms. The summed E-state index contributed by atoms with van der Waals surface area (Å²) < 4.78 is 19.0. The van der Waals surface area contributed by atoms with E-state index in [9.17, 15) is 9.18 Å². The first-order valence-electron chi connectivity index (χ1n) is 4.93. The number of benzene rings is 1. The summed E-state index contributed by atoms with van der Waals surface area (Å²) in [5.41, 5.74) is 0. The lowest BCUT2D eigenvalue weighted by Gasteiger charge is -2.07. The summed E-state index contributed by atoms with van der Waals surface area (Å²) >= 11 is 12.6. The Balaban J connectivity index is 2.06. The van der Waals surface area contributed by atoms with Gasteiger partial charge in [0.1, 0.15) is 0 Å². The van der Waals surface area contributed by atoms with Gasteiger partial charge in [-0.2, -0.15) is 0 Å². The number of para-hydroxylation sites is 1. The largest absolute Gasteiger partial charge is 0.481 e. The Bertz CT molecular complexity index is 563. The average molecular weight is 305 g/mol. The van der Waals surface area contributed by atoms with E-state index in [2.05, 4.69) is 0 Å². The SMILES string of the molecule is O=C(COc1c(F)cccc1Cl)c1ccc(Cl)s1. The first-order chi connectivity index (χ1) is 8.58. The highest BCUT2D eigenvalue weighted by molar-refractivity contribution is 7.18. The molecule has 0 saturated carbocycles. The number of ketones is 1. The molecule has 0 aliphatic rings.